The number of hydrogen-bond donors (Lipinski definition) is 2. The van der Waals surface area contributed by atoms with Crippen LogP contribution in [-0.4, -0.2) is 31.0 Å². The molecule has 0 fully saturated rings. The number of carbonyl (C=O) groups excluding carboxylic acids is 1. The Kier molecular flexibility index (Phi) is 4.41. The van der Waals surface area contributed by atoms with E-state index < -0.39 is 0 Å². The van der Waals surface area contributed by atoms with Gasteiger partial charge >= 0.3 is 0 Å². The highest BCUT2D eigenvalue weighted by atomic mass is 16.7. The number of carbonyl (C=O) groups is 1. The maximum absolute atomic E-state index is 11.3. The molecule has 0 saturated heterocycles. The highest BCUT2D eigenvalue weighted by molar-refractivity contribution is 5.75. The minimum absolute atomic E-state index is 0.0233. The van der Waals surface area contributed by atoms with E-state index in [1.54, 1.807) is 0 Å². The van der Waals surface area contributed by atoms with E-state index in [-0.39, 0.29) is 19.3 Å². The zero-order chi connectivity index (χ0) is 12.8. The van der Waals surface area contributed by atoms with Gasteiger partial charge in [0.2, 0.25) is 12.7 Å². The van der Waals surface area contributed by atoms with E-state index in [2.05, 4.69) is 5.32 Å². The Labute approximate surface area is 106 Å². The summed E-state index contributed by atoms with van der Waals surface area (Å²) in [4.78, 5) is 11.3. The van der Waals surface area contributed by atoms with Crippen LogP contribution in [0.3, 0.4) is 0 Å². The van der Waals surface area contributed by atoms with Crippen LogP contribution >= 0.6 is 0 Å². The van der Waals surface area contributed by atoms with Gasteiger partial charge in [-0.2, -0.15) is 0 Å². The van der Waals surface area contributed by atoms with Gasteiger partial charge in [-0.25, -0.2) is 0 Å². The predicted molar refractivity (Wildman–Crippen MR) is 65.6 cm³/mol. The van der Waals surface area contributed by atoms with Crippen molar-refractivity contribution in [2.45, 2.75) is 19.3 Å². The smallest absolute Gasteiger partial charge is 0.231 e. The molecule has 18 heavy (non-hydrogen) atoms. The average Bonchev–Trinajstić information content (AvgIpc) is 2.83. The highest BCUT2D eigenvalue weighted by Gasteiger charge is 2.12. The Hall–Kier alpha value is -1.75. The van der Waals surface area contributed by atoms with Crippen molar-refractivity contribution >= 4 is 5.91 Å². The molecule has 0 aromatic heterocycles. The molecule has 0 aliphatic carbocycles. The van der Waals surface area contributed by atoms with Crippen LogP contribution in [0.1, 0.15) is 18.4 Å². The molecule has 5 nitrogen and oxygen atoms in total. The molecular weight excluding hydrogens is 234 g/mol. The fourth-order valence-corrected chi connectivity index (χ4v) is 1.77. The summed E-state index contributed by atoms with van der Waals surface area (Å²) >= 11 is 0. The van der Waals surface area contributed by atoms with Crippen molar-refractivity contribution in [3.8, 4) is 11.5 Å². The van der Waals surface area contributed by atoms with Crippen molar-refractivity contribution < 1.29 is 19.4 Å². The van der Waals surface area contributed by atoms with E-state index in [9.17, 15) is 4.79 Å². The van der Waals surface area contributed by atoms with Gasteiger partial charge in [-0.1, -0.05) is 6.07 Å². The summed E-state index contributed by atoms with van der Waals surface area (Å²) in [5.74, 6) is 1.51. The maximum atomic E-state index is 11.3. The van der Waals surface area contributed by atoms with Gasteiger partial charge in [0.25, 0.3) is 0 Å². The third-order valence-corrected chi connectivity index (χ3v) is 2.73. The van der Waals surface area contributed by atoms with E-state index in [4.69, 9.17) is 14.6 Å². The molecule has 0 saturated carbocycles. The standard InChI is InChI=1S/C13H17NO4/c15-7-1-2-13(16)14-6-5-10-3-4-11-12(8-10)18-9-17-11/h3-4,8,15H,1-2,5-7,9H2,(H,14,16). The first-order valence-corrected chi connectivity index (χ1v) is 6.05. The van der Waals surface area contributed by atoms with Crippen LogP contribution in [0.5, 0.6) is 11.5 Å². The first-order valence-electron chi connectivity index (χ1n) is 6.05. The van der Waals surface area contributed by atoms with Gasteiger partial charge in [0.1, 0.15) is 0 Å². The van der Waals surface area contributed by atoms with Gasteiger partial charge in [-0.3, -0.25) is 4.79 Å². The molecule has 0 radical (unpaired) electrons. The fraction of sp³-hybridized carbons (Fsp3) is 0.462. The SMILES string of the molecule is O=C(CCCO)NCCc1ccc2c(c1)OCO2. The van der Waals surface area contributed by atoms with Gasteiger partial charge in [-0.05, 0) is 30.5 Å². The van der Waals surface area contributed by atoms with Crippen molar-refractivity contribution in [1.29, 1.82) is 0 Å². The van der Waals surface area contributed by atoms with Crippen LogP contribution in [0, 0.1) is 0 Å². The Morgan fingerprint density at radius 1 is 1.33 bits per heavy atom. The van der Waals surface area contributed by atoms with Crippen molar-refractivity contribution in [3.63, 3.8) is 0 Å². The number of amides is 1. The Bertz CT molecular complexity index is 419. The van der Waals surface area contributed by atoms with E-state index >= 15 is 0 Å². The molecule has 2 rings (SSSR count). The van der Waals surface area contributed by atoms with E-state index in [0.717, 1.165) is 23.5 Å². The summed E-state index contributed by atoms with van der Waals surface area (Å²) in [6, 6.07) is 5.78. The molecule has 1 heterocycles. The Morgan fingerprint density at radius 2 is 2.17 bits per heavy atom. The number of aliphatic hydroxyl groups is 1. The molecular formula is C13H17NO4. The molecule has 1 aromatic rings. The van der Waals surface area contributed by atoms with Crippen molar-refractivity contribution in [2.24, 2.45) is 0 Å². The zero-order valence-electron chi connectivity index (χ0n) is 10.1. The number of nitrogens with one attached hydrogen (secondary N) is 1. The molecule has 1 aromatic carbocycles. The summed E-state index contributed by atoms with van der Waals surface area (Å²) in [7, 11) is 0. The van der Waals surface area contributed by atoms with Crippen LogP contribution in [0.15, 0.2) is 18.2 Å². The van der Waals surface area contributed by atoms with Gasteiger partial charge < -0.3 is 19.9 Å². The molecule has 0 unspecified atom stereocenters. The Balaban J connectivity index is 1.75. The normalized spacial score (nSPS) is 12.5. The number of aliphatic hydroxyl groups excluding tert-OH is 1. The molecule has 0 spiro atoms. The zero-order valence-corrected chi connectivity index (χ0v) is 10.1. The van der Waals surface area contributed by atoms with E-state index in [1.165, 1.54) is 0 Å². The molecule has 1 amide bonds. The Morgan fingerprint density at radius 3 is 3.00 bits per heavy atom. The van der Waals surface area contributed by atoms with E-state index in [0.29, 0.717) is 19.4 Å². The molecule has 1 aliphatic rings. The highest BCUT2D eigenvalue weighted by Crippen LogP contribution is 2.32. The lowest BCUT2D eigenvalue weighted by Gasteiger charge is -2.05. The average molecular weight is 251 g/mol. The first-order chi connectivity index (χ1) is 8.79. The van der Waals surface area contributed by atoms with Crippen LogP contribution in [0.2, 0.25) is 0 Å². The topological polar surface area (TPSA) is 67.8 Å². The van der Waals surface area contributed by atoms with Gasteiger partial charge in [0, 0.05) is 19.6 Å². The van der Waals surface area contributed by atoms with Gasteiger partial charge in [0.15, 0.2) is 11.5 Å². The molecule has 0 atom stereocenters. The summed E-state index contributed by atoms with van der Waals surface area (Å²) < 4.78 is 10.5. The van der Waals surface area contributed by atoms with Crippen molar-refractivity contribution in [2.75, 3.05) is 19.9 Å². The summed E-state index contributed by atoms with van der Waals surface area (Å²) in [6.07, 6.45) is 1.63. The van der Waals surface area contributed by atoms with Crippen LogP contribution in [0.25, 0.3) is 0 Å². The molecule has 5 heteroatoms. The first kappa shape index (κ1) is 12.7. The fourth-order valence-electron chi connectivity index (χ4n) is 1.77. The summed E-state index contributed by atoms with van der Waals surface area (Å²) in [5.41, 5.74) is 1.10. The minimum Gasteiger partial charge on any atom is -0.454 e. The summed E-state index contributed by atoms with van der Waals surface area (Å²) in [6.45, 7) is 0.913. The molecule has 0 bridgehead atoms. The molecule has 2 N–H and O–H groups in total. The minimum atomic E-state index is -0.0233. The largest absolute Gasteiger partial charge is 0.454 e. The lowest BCUT2D eigenvalue weighted by molar-refractivity contribution is -0.121. The third-order valence-electron chi connectivity index (χ3n) is 2.73. The van der Waals surface area contributed by atoms with Crippen LogP contribution in [-0.2, 0) is 11.2 Å². The van der Waals surface area contributed by atoms with E-state index in [1.807, 2.05) is 18.2 Å². The predicted octanol–water partition coefficient (Wildman–Crippen LogP) is 0.846. The second-order valence-electron chi connectivity index (χ2n) is 4.11. The monoisotopic (exact) mass is 251 g/mol. The van der Waals surface area contributed by atoms with Crippen molar-refractivity contribution in [3.05, 3.63) is 23.8 Å². The number of benzene rings is 1. The third kappa shape index (κ3) is 3.37. The van der Waals surface area contributed by atoms with Crippen molar-refractivity contribution in [1.82, 2.24) is 5.32 Å². The van der Waals surface area contributed by atoms with Crippen LogP contribution < -0.4 is 14.8 Å². The number of ether oxygens (including phenoxy) is 2. The van der Waals surface area contributed by atoms with Gasteiger partial charge in [0.05, 0.1) is 0 Å². The second kappa shape index (κ2) is 6.26. The lowest BCUT2D eigenvalue weighted by Crippen LogP contribution is -2.25. The maximum Gasteiger partial charge on any atom is 0.231 e. The number of rotatable bonds is 6. The quantitative estimate of drug-likeness (QED) is 0.786. The lowest BCUT2D eigenvalue weighted by atomic mass is 10.1. The molecule has 1 aliphatic heterocycles. The van der Waals surface area contributed by atoms with Crippen LogP contribution in [0.4, 0.5) is 0 Å². The second-order valence-corrected chi connectivity index (χ2v) is 4.11. The number of hydrogen-bond acceptors (Lipinski definition) is 4. The molecule has 98 valence electrons. The number of fused-ring (bicyclic) bond motifs is 1. The van der Waals surface area contributed by atoms with Gasteiger partial charge in [-0.15, -0.1) is 0 Å². The summed E-state index contributed by atoms with van der Waals surface area (Å²) in [5, 5.41) is 11.4.